The molecular formula is C18H35N2O+. The van der Waals surface area contributed by atoms with Crippen LogP contribution in [0.4, 0.5) is 0 Å². The number of hydrogen-bond acceptors (Lipinski definition) is 1. The molecule has 0 atom stereocenters. The van der Waals surface area contributed by atoms with Crippen LogP contribution in [0.2, 0.25) is 0 Å². The van der Waals surface area contributed by atoms with E-state index in [1.807, 2.05) is 12.4 Å². The van der Waals surface area contributed by atoms with Crippen molar-refractivity contribution in [1.82, 2.24) is 4.98 Å². The number of hydrogen-bond donors (Lipinski definition) is 2. The summed E-state index contributed by atoms with van der Waals surface area (Å²) in [6, 6.07) is 0. The van der Waals surface area contributed by atoms with Gasteiger partial charge in [-0.15, -0.1) is 0 Å². The summed E-state index contributed by atoms with van der Waals surface area (Å²) in [5.41, 5.74) is 0. The number of H-pyrrole nitrogens is 1. The topological polar surface area (TPSA) is 39.9 Å². The third-order valence-corrected chi connectivity index (χ3v) is 4.21. The number of aromatic nitrogens is 2. The maximum Gasteiger partial charge on any atom is 0.254 e. The number of unbranched alkanes of at least 4 members (excludes halogenated alkanes) is 10. The molecule has 0 aromatic carbocycles. The van der Waals surface area contributed by atoms with Crippen LogP contribution in [0.25, 0.3) is 0 Å². The predicted molar refractivity (Wildman–Crippen MR) is 88.2 cm³/mol. The second kappa shape index (κ2) is 12.9. The van der Waals surface area contributed by atoms with Gasteiger partial charge < -0.3 is 5.11 Å². The van der Waals surface area contributed by atoms with E-state index in [9.17, 15) is 0 Å². The van der Waals surface area contributed by atoms with Gasteiger partial charge in [-0.2, -0.15) is 0 Å². The number of aliphatic hydroxyl groups is 1. The molecule has 3 nitrogen and oxygen atoms in total. The molecule has 1 aromatic rings. The predicted octanol–water partition coefficient (Wildman–Crippen LogP) is 4.15. The first-order valence-electron chi connectivity index (χ1n) is 9.05. The molecule has 122 valence electrons. The van der Waals surface area contributed by atoms with Gasteiger partial charge in [-0.1, -0.05) is 71.1 Å². The molecule has 21 heavy (non-hydrogen) atoms. The first-order chi connectivity index (χ1) is 10.4. The van der Waals surface area contributed by atoms with Crippen LogP contribution in [-0.4, -0.2) is 16.7 Å². The lowest BCUT2D eigenvalue weighted by atomic mass is 10.1. The van der Waals surface area contributed by atoms with Crippen molar-refractivity contribution in [1.29, 1.82) is 0 Å². The zero-order valence-corrected chi connectivity index (χ0v) is 13.9. The highest BCUT2D eigenvalue weighted by Gasteiger charge is 2.08. The van der Waals surface area contributed by atoms with Crippen molar-refractivity contribution < 1.29 is 9.67 Å². The standard InChI is InChI=1S/C18H34N2O/c1-2-3-4-5-6-7-8-9-10-11-12-13-18-19-14-15-20(18)16-17-21/h14-15,21H,2-13,16-17H2,1H3/p+1. The van der Waals surface area contributed by atoms with Gasteiger partial charge >= 0.3 is 0 Å². The highest BCUT2D eigenvalue weighted by atomic mass is 16.3. The molecule has 0 saturated carbocycles. The van der Waals surface area contributed by atoms with Crippen LogP contribution in [0.15, 0.2) is 12.4 Å². The smallest absolute Gasteiger partial charge is 0.254 e. The minimum absolute atomic E-state index is 0.216. The van der Waals surface area contributed by atoms with E-state index in [0.717, 1.165) is 6.42 Å². The molecule has 0 aliphatic rings. The zero-order chi connectivity index (χ0) is 15.2. The Kier molecular flexibility index (Phi) is 11.2. The lowest BCUT2D eigenvalue weighted by molar-refractivity contribution is -0.704. The van der Waals surface area contributed by atoms with Crippen molar-refractivity contribution in [2.24, 2.45) is 0 Å². The molecule has 0 radical (unpaired) electrons. The van der Waals surface area contributed by atoms with Crippen LogP contribution < -0.4 is 4.57 Å². The number of aliphatic hydroxyl groups excluding tert-OH is 1. The summed E-state index contributed by atoms with van der Waals surface area (Å²) in [5.74, 6) is 1.25. The maximum atomic E-state index is 8.99. The second-order valence-corrected chi connectivity index (χ2v) is 6.11. The molecule has 1 heterocycles. The van der Waals surface area contributed by atoms with Crippen molar-refractivity contribution in [3.05, 3.63) is 18.2 Å². The van der Waals surface area contributed by atoms with E-state index in [2.05, 4.69) is 16.5 Å². The van der Waals surface area contributed by atoms with Crippen molar-refractivity contribution in [3.63, 3.8) is 0 Å². The van der Waals surface area contributed by atoms with Crippen LogP contribution in [0, 0.1) is 0 Å². The van der Waals surface area contributed by atoms with Crippen LogP contribution in [0.5, 0.6) is 0 Å². The van der Waals surface area contributed by atoms with E-state index in [1.54, 1.807) is 0 Å². The lowest BCUT2D eigenvalue weighted by Gasteiger charge is -2.02. The number of aromatic amines is 1. The first-order valence-corrected chi connectivity index (χ1v) is 9.05. The molecule has 2 N–H and O–H groups in total. The Bertz CT molecular complexity index is 336. The van der Waals surface area contributed by atoms with Gasteiger partial charge in [-0.3, -0.25) is 0 Å². The summed E-state index contributed by atoms with van der Waals surface area (Å²) < 4.78 is 2.12. The van der Waals surface area contributed by atoms with Crippen LogP contribution in [-0.2, 0) is 13.0 Å². The number of nitrogens with one attached hydrogen (secondary N) is 1. The third-order valence-electron chi connectivity index (χ3n) is 4.21. The summed E-state index contributed by atoms with van der Waals surface area (Å²) in [4.78, 5) is 3.28. The average molecular weight is 295 g/mol. The fraction of sp³-hybridized carbons (Fsp3) is 0.833. The number of imidazole rings is 1. The minimum atomic E-state index is 0.216. The molecule has 0 saturated heterocycles. The lowest BCUT2D eigenvalue weighted by Crippen LogP contribution is -2.37. The van der Waals surface area contributed by atoms with Gasteiger partial charge in [0.05, 0.1) is 6.61 Å². The molecule has 0 fully saturated rings. The Morgan fingerprint density at radius 1 is 0.905 bits per heavy atom. The monoisotopic (exact) mass is 295 g/mol. The molecular weight excluding hydrogens is 260 g/mol. The summed E-state index contributed by atoms with van der Waals surface area (Å²) >= 11 is 0. The molecule has 0 unspecified atom stereocenters. The van der Waals surface area contributed by atoms with E-state index in [0.29, 0.717) is 6.54 Å². The van der Waals surface area contributed by atoms with Crippen molar-refractivity contribution in [3.8, 4) is 0 Å². The molecule has 1 rings (SSSR count). The van der Waals surface area contributed by atoms with Crippen LogP contribution >= 0.6 is 0 Å². The molecule has 3 heteroatoms. The fourth-order valence-electron chi connectivity index (χ4n) is 2.89. The van der Waals surface area contributed by atoms with Gasteiger partial charge in [-0.25, -0.2) is 9.55 Å². The summed E-state index contributed by atoms with van der Waals surface area (Å²) in [5, 5.41) is 8.99. The van der Waals surface area contributed by atoms with Crippen molar-refractivity contribution >= 4 is 0 Å². The van der Waals surface area contributed by atoms with E-state index in [4.69, 9.17) is 5.11 Å². The van der Waals surface area contributed by atoms with E-state index < -0.39 is 0 Å². The fourth-order valence-corrected chi connectivity index (χ4v) is 2.89. The quantitative estimate of drug-likeness (QED) is 0.393. The molecule has 1 aromatic heterocycles. The Labute approximate surface area is 130 Å². The molecule has 0 bridgehead atoms. The Morgan fingerprint density at radius 3 is 2.05 bits per heavy atom. The highest BCUT2D eigenvalue weighted by molar-refractivity contribution is 4.77. The van der Waals surface area contributed by atoms with E-state index in [-0.39, 0.29) is 6.61 Å². The van der Waals surface area contributed by atoms with Gasteiger partial charge in [0, 0.05) is 6.42 Å². The zero-order valence-electron chi connectivity index (χ0n) is 13.9. The molecule has 0 amide bonds. The third kappa shape index (κ3) is 8.92. The molecule has 0 aliphatic heterocycles. The van der Waals surface area contributed by atoms with Crippen molar-refractivity contribution in [2.75, 3.05) is 6.61 Å². The summed E-state index contributed by atoms with van der Waals surface area (Å²) in [6.45, 7) is 3.20. The maximum absolute atomic E-state index is 8.99. The number of aryl methyl sites for hydroxylation is 1. The first kappa shape index (κ1) is 18.2. The summed E-state index contributed by atoms with van der Waals surface area (Å²) in [7, 11) is 0. The number of nitrogens with zero attached hydrogens (tertiary/aromatic N) is 1. The highest BCUT2D eigenvalue weighted by Crippen LogP contribution is 2.11. The largest absolute Gasteiger partial charge is 0.392 e. The second-order valence-electron chi connectivity index (χ2n) is 6.11. The van der Waals surface area contributed by atoms with Crippen LogP contribution in [0.1, 0.15) is 83.4 Å². The van der Waals surface area contributed by atoms with Crippen molar-refractivity contribution in [2.45, 2.75) is 90.5 Å². The van der Waals surface area contributed by atoms with Gasteiger partial charge in [0.15, 0.2) is 0 Å². The Balaban J connectivity index is 1.89. The van der Waals surface area contributed by atoms with Crippen LogP contribution in [0.3, 0.4) is 0 Å². The van der Waals surface area contributed by atoms with Gasteiger partial charge in [0.2, 0.25) is 0 Å². The van der Waals surface area contributed by atoms with E-state index >= 15 is 0 Å². The number of rotatable bonds is 14. The Morgan fingerprint density at radius 2 is 1.48 bits per heavy atom. The molecule has 0 aliphatic carbocycles. The average Bonchev–Trinajstić information content (AvgIpc) is 2.92. The summed E-state index contributed by atoms with van der Waals surface area (Å²) in [6.07, 6.45) is 20.3. The SMILES string of the molecule is CCCCCCCCCCCCCc1[nH]cc[n+]1CCO. The van der Waals surface area contributed by atoms with Gasteiger partial charge in [0.25, 0.3) is 5.82 Å². The molecule has 0 spiro atoms. The normalized spacial score (nSPS) is 11.1. The van der Waals surface area contributed by atoms with Gasteiger partial charge in [-0.05, 0) is 6.42 Å². The Hall–Kier alpha value is -0.830. The van der Waals surface area contributed by atoms with E-state index in [1.165, 1.54) is 76.5 Å². The minimum Gasteiger partial charge on any atom is -0.392 e. The van der Waals surface area contributed by atoms with Gasteiger partial charge in [0.1, 0.15) is 18.9 Å².